The minimum Gasteiger partial charge on any atom is -0.220 e. The molecule has 72 valence electrons. The highest BCUT2D eigenvalue weighted by Crippen LogP contribution is 2.12. The largest absolute Gasteiger partial charge is 0.220 e. The molecule has 0 aliphatic carbocycles. The summed E-state index contributed by atoms with van der Waals surface area (Å²) in [6.45, 7) is 0. The second-order valence-electron chi connectivity index (χ2n) is 2.56. The predicted molar refractivity (Wildman–Crippen MR) is 49.0 cm³/mol. The lowest BCUT2D eigenvalue weighted by molar-refractivity contribution is 0.507. The molecule has 2 rings (SSSR count). The van der Waals surface area contributed by atoms with E-state index in [2.05, 4.69) is 26.0 Å². The zero-order valence-corrected chi connectivity index (χ0v) is 8.37. The Morgan fingerprint density at radius 2 is 2.00 bits per heavy atom. The van der Waals surface area contributed by atoms with Crippen molar-refractivity contribution in [1.29, 1.82) is 0 Å². The van der Waals surface area contributed by atoms with E-state index < -0.39 is 11.6 Å². The molecular weight excluding hydrogens is 256 g/mol. The molecule has 0 unspecified atom stereocenters. The molecule has 1 heterocycles. The van der Waals surface area contributed by atoms with Crippen LogP contribution in [0, 0.1) is 11.6 Å². The van der Waals surface area contributed by atoms with Gasteiger partial charge in [0, 0.05) is 6.07 Å². The highest BCUT2D eigenvalue weighted by atomic mass is 79.9. The van der Waals surface area contributed by atoms with Crippen molar-refractivity contribution in [2.75, 3.05) is 0 Å². The van der Waals surface area contributed by atoms with Crippen LogP contribution in [0.2, 0.25) is 0 Å². The zero-order valence-electron chi connectivity index (χ0n) is 6.78. The predicted octanol–water partition coefficient (Wildman–Crippen LogP) is 2.31. The Morgan fingerprint density at radius 1 is 1.21 bits per heavy atom. The summed E-state index contributed by atoms with van der Waals surface area (Å²) in [6, 6.07) is 3.51. The molecule has 0 fully saturated rings. The highest BCUT2D eigenvalue weighted by molar-refractivity contribution is 9.10. The Morgan fingerprint density at radius 3 is 2.57 bits per heavy atom. The maximum atomic E-state index is 12.8. The third-order valence-corrected chi connectivity index (χ3v) is 1.99. The maximum absolute atomic E-state index is 12.8. The van der Waals surface area contributed by atoms with Gasteiger partial charge in [-0.25, -0.2) is 18.4 Å². The van der Waals surface area contributed by atoms with E-state index in [4.69, 9.17) is 0 Å². The van der Waals surface area contributed by atoms with E-state index in [1.165, 1.54) is 17.1 Å². The lowest BCUT2D eigenvalue weighted by atomic mass is 10.3. The fourth-order valence-electron chi connectivity index (χ4n) is 0.995. The van der Waals surface area contributed by atoms with Gasteiger partial charge in [0.25, 0.3) is 0 Å². The van der Waals surface area contributed by atoms with Gasteiger partial charge < -0.3 is 0 Å². The minimum absolute atomic E-state index is 0.391. The quantitative estimate of drug-likeness (QED) is 0.787. The summed E-state index contributed by atoms with van der Waals surface area (Å²) in [5, 5.41) is 3.88. The molecule has 0 N–H and O–H groups in total. The number of nitrogens with zero attached hydrogens (tertiary/aromatic N) is 3. The van der Waals surface area contributed by atoms with Gasteiger partial charge in [-0.2, -0.15) is 0 Å². The third-order valence-electron chi connectivity index (χ3n) is 1.63. The van der Waals surface area contributed by atoms with Gasteiger partial charge in [-0.15, -0.1) is 5.10 Å². The number of rotatable bonds is 1. The van der Waals surface area contributed by atoms with Crippen molar-refractivity contribution in [2.24, 2.45) is 0 Å². The summed E-state index contributed by atoms with van der Waals surface area (Å²) in [4.78, 5) is 3.80. The Labute approximate surface area is 86.5 Å². The summed E-state index contributed by atoms with van der Waals surface area (Å²) in [5.74, 6) is -1.79. The van der Waals surface area contributed by atoms with Gasteiger partial charge in [-0.1, -0.05) is 0 Å². The van der Waals surface area contributed by atoms with Crippen LogP contribution in [0.1, 0.15) is 0 Å². The van der Waals surface area contributed by atoms with Crippen LogP contribution in [0.3, 0.4) is 0 Å². The van der Waals surface area contributed by atoms with E-state index in [1.807, 2.05) is 0 Å². The smallest absolute Gasteiger partial charge is 0.217 e. The van der Waals surface area contributed by atoms with E-state index in [1.54, 1.807) is 0 Å². The van der Waals surface area contributed by atoms with Crippen LogP contribution in [0.15, 0.2) is 29.3 Å². The van der Waals surface area contributed by atoms with Crippen molar-refractivity contribution in [2.45, 2.75) is 0 Å². The van der Waals surface area contributed by atoms with Gasteiger partial charge in [-0.05, 0) is 28.1 Å². The van der Waals surface area contributed by atoms with Gasteiger partial charge >= 0.3 is 0 Å². The van der Waals surface area contributed by atoms with E-state index >= 15 is 0 Å². The monoisotopic (exact) mass is 259 g/mol. The van der Waals surface area contributed by atoms with Gasteiger partial charge in [-0.3, -0.25) is 0 Å². The standard InChI is InChI=1S/C8H4BrF2N3/c9-8-12-4-14(13-8)5-1-2-6(10)7(11)3-5/h1-4H. The molecule has 0 aliphatic rings. The Balaban J connectivity index is 2.47. The van der Waals surface area contributed by atoms with Crippen molar-refractivity contribution < 1.29 is 8.78 Å². The molecule has 0 saturated heterocycles. The maximum Gasteiger partial charge on any atom is 0.217 e. The average Bonchev–Trinajstić information content (AvgIpc) is 2.57. The summed E-state index contributed by atoms with van der Waals surface area (Å²) >= 11 is 3.05. The van der Waals surface area contributed by atoms with Gasteiger partial charge in [0.1, 0.15) is 6.33 Å². The summed E-state index contributed by atoms with van der Waals surface area (Å²) < 4.78 is 27.1. The second kappa shape index (κ2) is 3.45. The van der Waals surface area contributed by atoms with Crippen LogP contribution in [-0.4, -0.2) is 14.8 Å². The Kier molecular flexibility index (Phi) is 2.28. The van der Waals surface area contributed by atoms with Crippen LogP contribution in [-0.2, 0) is 0 Å². The van der Waals surface area contributed by atoms with Crippen LogP contribution in [0.4, 0.5) is 8.78 Å². The molecule has 0 bridgehead atoms. The van der Waals surface area contributed by atoms with E-state index in [-0.39, 0.29) is 0 Å². The van der Waals surface area contributed by atoms with Crippen LogP contribution < -0.4 is 0 Å². The Hall–Kier alpha value is -1.30. The third kappa shape index (κ3) is 1.65. The molecule has 0 radical (unpaired) electrons. The van der Waals surface area contributed by atoms with Crippen LogP contribution >= 0.6 is 15.9 Å². The molecule has 6 heteroatoms. The molecule has 0 spiro atoms. The lowest BCUT2D eigenvalue weighted by Crippen LogP contribution is -1.96. The number of hydrogen-bond donors (Lipinski definition) is 0. The lowest BCUT2D eigenvalue weighted by Gasteiger charge is -1.99. The van der Waals surface area contributed by atoms with E-state index in [9.17, 15) is 8.78 Å². The van der Waals surface area contributed by atoms with Crippen LogP contribution in [0.5, 0.6) is 0 Å². The van der Waals surface area contributed by atoms with Gasteiger partial charge in [0.2, 0.25) is 4.73 Å². The molecule has 0 saturated carbocycles. The number of halogens is 3. The normalized spacial score (nSPS) is 10.5. The summed E-state index contributed by atoms with van der Waals surface area (Å²) in [6.07, 6.45) is 1.40. The molecule has 2 aromatic rings. The molecule has 14 heavy (non-hydrogen) atoms. The van der Waals surface area contributed by atoms with Gasteiger partial charge in [0.05, 0.1) is 5.69 Å². The van der Waals surface area contributed by atoms with Crippen molar-refractivity contribution in [3.8, 4) is 5.69 Å². The first-order chi connectivity index (χ1) is 6.66. The van der Waals surface area contributed by atoms with Crippen LogP contribution in [0.25, 0.3) is 5.69 Å². The number of hydrogen-bond acceptors (Lipinski definition) is 2. The van der Waals surface area contributed by atoms with Crippen molar-refractivity contribution in [3.63, 3.8) is 0 Å². The fourth-order valence-corrected chi connectivity index (χ4v) is 1.26. The van der Waals surface area contributed by atoms with E-state index in [0.717, 1.165) is 12.1 Å². The van der Waals surface area contributed by atoms with Crippen molar-refractivity contribution in [3.05, 3.63) is 40.9 Å². The number of benzene rings is 1. The average molecular weight is 260 g/mol. The first kappa shape index (κ1) is 9.26. The van der Waals surface area contributed by atoms with E-state index in [0.29, 0.717) is 10.4 Å². The Bertz CT molecular complexity index is 469. The molecular formula is C8H4BrF2N3. The topological polar surface area (TPSA) is 30.7 Å². The highest BCUT2D eigenvalue weighted by Gasteiger charge is 2.05. The van der Waals surface area contributed by atoms with Crippen molar-refractivity contribution >= 4 is 15.9 Å². The van der Waals surface area contributed by atoms with Crippen molar-refractivity contribution in [1.82, 2.24) is 14.8 Å². The minimum atomic E-state index is -0.908. The molecule has 1 aromatic heterocycles. The zero-order chi connectivity index (χ0) is 10.1. The molecule has 3 nitrogen and oxygen atoms in total. The molecule has 0 amide bonds. The first-order valence-electron chi connectivity index (χ1n) is 3.69. The summed E-state index contributed by atoms with van der Waals surface area (Å²) in [5.41, 5.74) is 0.419. The summed E-state index contributed by atoms with van der Waals surface area (Å²) in [7, 11) is 0. The number of aromatic nitrogens is 3. The SMILES string of the molecule is Fc1ccc(-n2cnc(Br)n2)cc1F. The first-order valence-corrected chi connectivity index (χ1v) is 4.49. The second-order valence-corrected chi connectivity index (χ2v) is 3.27. The molecule has 0 aliphatic heterocycles. The molecule has 0 atom stereocenters. The molecule has 1 aromatic carbocycles. The van der Waals surface area contributed by atoms with Gasteiger partial charge in [0.15, 0.2) is 11.6 Å². The fraction of sp³-hybridized carbons (Fsp3) is 0.